The lowest BCUT2D eigenvalue weighted by molar-refractivity contribution is -0.134. The molecule has 0 aliphatic heterocycles. The van der Waals surface area contributed by atoms with Gasteiger partial charge in [0.2, 0.25) is 0 Å². The van der Waals surface area contributed by atoms with Gasteiger partial charge in [-0.3, -0.25) is 4.79 Å². The Morgan fingerprint density at radius 1 is 0.788 bits per heavy atom. The second-order valence-electron chi connectivity index (χ2n) is 9.61. The van der Waals surface area contributed by atoms with E-state index in [2.05, 4.69) is 44.2 Å². The topological polar surface area (TPSA) is 26.3 Å². The van der Waals surface area contributed by atoms with Crippen LogP contribution in [0.25, 0.3) is 16.7 Å². The second kappa shape index (κ2) is 14.0. The van der Waals surface area contributed by atoms with E-state index in [9.17, 15) is 4.79 Å². The van der Waals surface area contributed by atoms with Crippen LogP contribution in [0.2, 0.25) is 0 Å². The molecular weight excluding hydrogens is 404 g/mol. The molecule has 0 radical (unpaired) electrons. The zero-order valence-corrected chi connectivity index (χ0v) is 20.8. The Morgan fingerprint density at radius 3 is 2.03 bits per heavy atom. The van der Waals surface area contributed by atoms with Gasteiger partial charge in [0.05, 0.1) is 0 Å². The van der Waals surface area contributed by atoms with Crippen LogP contribution in [-0.4, -0.2) is 5.97 Å². The van der Waals surface area contributed by atoms with E-state index in [0.29, 0.717) is 12.2 Å². The summed E-state index contributed by atoms with van der Waals surface area (Å²) in [6.07, 6.45) is 18.2. The van der Waals surface area contributed by atoms with Crippen LogP contribution in [0.1, 0.15) is 103 Å². The molecular formula is C31H42O2. The van der Waals surface area contributed by atoms with Crippen LogP contribution in [0.15, 0.2) is 54.6 Å². The van der Waals surface area contributed by atoms with Gasteiger partial charge in [-0.25, -0.2) is 0 Å². The molecule has 0 fully saturated rings. The molecule has 178 valence electrons. The number of hydrogen-bond donors (Lipinski definition) is 0. The fourth-order valence-corrected chi connectivity index (χ4v) is 4.74. The molecule has 0 spiro atoms. The molecule has 2 heteroatoms. The van der Waals surface area contributed by atoms with Gasteiger partial charge < -0.3 is 4.74 Å². The first-order valence-corrected chi connectivity index (χ1v) is 13.3. The Morgan fingerprint density at radius 2 is 1.39 bits per heavy atom. The van der Waals surface area contributed by atoms with Crippen LogP contribution in [0, 0.1) is 5.92 Å². The fourth-order valence-electron chi connectivity index (χ4n) is 4.74. The van der Waals surface area contributed by atoms with Gasteiger partial charge >= 0.3 is 5.97 Å². The molecule has 0 N–H and O–H groups in total. The highest BCUT2D eigenvalue weighted by molar-refractivity contribution is 5.74. The quantitative estimate of drug-likeness (QED) is 0.174. The molecule has 0 aromatic heterocycles. The van der Waals surface area contributed by atoms with Crippen molar-refractivity contribution < 1.29 is 9.53 Å². The van der Waals surface area contributed by atoms with Gasteiger partial charge in [-0.05, 0) is 66.0 Å². The lowest BCUT2D eigenvalue weighted by atomic mass is 9.83. The molecule has 1 aliphatic rings. The highest BCUT2D eigenvalue weighted by atomic mass is 16.5. The lowest BCUT2D eigenvalue weighted by Crippen LogP contribution is -2.07. The maximum Gasteiger partial charge on any atom is 0.311 e. The van der Waals surface area contributed by atoms with Crippen molar-refractivity contribution in [1.29, 1.82) is 0 Å². The van der Waals surface area contributed by atoms with Crippen LogP contribution in [0.3, 0.4) is 0 Å². The molecule has 0 bridgehead atoms. The van der Waals surface area contributed by atoms with Gasteiger partial charge in [0, 0.05) is 6.42 Å². The van der Waals surface area contributed by atoms with Gasteiger partial charge in [-0.15, -0.1) is 0 Å². The monoisotopic (exact) mass is 446 g/mol. The number of unbranched alkanes of at least 4 members (excludes halogenated alkanes) is 6. The summed E-state index contributed by atoms with van der Waals surface area (Å²) in [5.41, 5.74) is 5.21. The molecule has 0 heterocycles. The third-order valence-corrected chi connectivity index (χ3v) is 6.89. The van der Waals surface area contributed by atoms with Gasteiger partial charge in [0.15, 0.2) is 0 Å². The number of allylic oxidation sites excluding steroid dienone is 2. The van der Waals surface area contributed by atoms with Crippen molar-refractivity contribution in [3.63, 3.8) is 0 Å². The van der Waals surface area contributed by atoms with Crippen LogP contribution < -0.4 is 4.74 Å². The summed E-state index contributed by atoms with van der Waals surface area (Å²) in [5.74, 6) is 1.37. The highest BCUT2D eigenvalue weighted by Gasteiger charge is 2.15. The number of rotatable bonds is 13. The number of carbonyl (C=O) groups excluding carboxylic acids is 1. The molecule has 0 saturated carbocycles. The molecule has 2 aromatic rings. The molecule has 0 amide bonds. The van der Waals surface area contributed by atoms with Crippen molar-refractivity contribution in [3.05, 3.63) is 60.2 Å². The third-order valence-electron chi connectivity index (χ3n) is 6.89. The predicted octanol–water partition coefficient (Wildman–Crippen LogP) is 9.38. The zero-order chi connectivity index (χ0) is 23.3. The number of benzene rings is 2. The van der Waals surface area contributed by atoms with E-state index in [1.165, 1.54) is 74.5 Å². The summed E-state index contributed by atoms with van der Waals surface area (Å²) in [6.45, 7) is 4.42. The molecule has 33 heavy (non-hydrogen) atoms. The van der Waals surface area contributed by atoms with Gasteiger partial charge in [-0.2, -0.15) is 0 Å². The molecule has 1 atom stereocenters. The summed E-state index contributed by atoms with van der Waals surface area (Å²) in [4.78, 5) is 11.9. The van der Waals surface area contributed by atoms with E-state index in [1.807, 2.05) is 24.3 Å². The highest BCUT2D eigenvalue weighted by Crippen LogP contribution is 2.34. The first-order chi connectivity index (χ1) is 16.2. The Kier molecular flexibility index (Phi) is 10.7. The first-order valence-electron chi connectivity index (χ1n) is 13.3. The zero-order valence-electron chi connectivity index (χ0n) is 20.8. The smallest absolute Gasteiger partial charge is 0.311 e. The number of ether oxygens (including phenoxy) is 1. The maximum absolute atomic E-state index is 11.9. The van der Waals surface area contributed by atoms with Crippen molar-refractivity contribution in [1.82, 2.24) is 0 Å². The van der Waals surface area contributed by atoms with Crippen molar-refractivity contribution in [3.8, 4) is 16.9 Å². The largest absolute Gasteiger partial charge is 0.427 e. The summed E-state index contributed by atoms with van der Waals surface area (Å²) >= 11 is 0. The third kappa shape index (κ3) is 8.50. The Balaban J connectivity index is 1.48. The predicted molar refractivity (Wildman–Crippen MR) is 140 cm³/mol. The van der Waals surface area contributed by atoms with Crippen LogP contribution in [0.4, 0.5) is 0 Å². The molecule has 0 saturated heterocycles. The maximum atomic E-state index is 11.9. The fraction of sp³-hybridized carbons (Fsp3) is 0.516. The summed E-state index contributed by atoms with van der Waals surface area (Å²) in [6, 6.07) is 16.8. The normalized spacial score (nSPS) is 15.8. The number of carbonyl (C=O) groups is 1. The molecule has 1 aliphatic carbocycles. The van der Waals surface area contributed by atoms with E-state index in [-0.39, 0.29) is 5.97 Å². The minimum Gasteiger partial charge on any atom is -0.427 e. The Hall–Kier alpha value is -2.35. The number of hydrogen-bond acceptors (Lipinski definition) is 2. The summed E-state index contributed by atoms with van der Waals surface area (Å²) in [5, 5.41) is 0. The van der Waals surface area contributed by atoms with Crippen molar-refractivity contribution in [2.45, 2.75) is 97.3 Å². The molecule has 2 aromatic carbocycles. The summed E-state index contributed by atoms with van der Waals surface area (Å²) in [7, 11) is 0. The standard InChI is InChI=1S/C31H42O2/c1-3-5-7-8-10-11-25-13-15-26(16-14-25)27-17-19-28(20-18-27)29-21-23-30(24-22-29)33-31(32)12-9-6-4-2/h15,17-25H,3-14,16H2,1-2H3. The van der Waals surface area contributed by atoms with E-state index in [0.717, 1.165) is 30.7 Å². The molecule has 3 rings (SSSR count). The van der Waals surface area contributed by atoms with E-state index in [4.69, 9.17) is 4.74 Å². The second-order valence-corrected chi connectivity index (χ2v) is 9.61. The first kappa shape index (κ1) is 25.3. The van der Waals surface area contributed by atoms with Crippen molar-refractivity contribution in [2.75, 3.05) is 0 Å². The minimum atomic E-state index is -0.139. The average Bonchev–Trinajstić information content (AvgIpc) is 2.85. The molecule has 1 unspecified atom stereocenters. The number of esters is 1. The van der Waals surface area contributed by atoms with E-state index in [1.54, 1.807) is 0 Å². The van der Waals surface area contributed by atoms with Crippen LogP contribution >= 0.6 is 0 Å². The molecule has 2 nitrogen and oxygen atoms in total. The van der Waals surface area contributed by atoms with Gasteiger partial charge in [0.25, 0.3) is 0 Å². The van der Waals surface area contributed by atoms with Crippen LogP contribution in [-0.2, 0) is 4.79 Å². The Bertz CT molecular complexity index is 861. The lowest BCUT2D eigenvalue weighted by Gasteiger charge is -2.22. The SMILES string of the molecule is CCCCCCCC1CC=C(c2ccc(-c3ccc(OC(=O)CCCCC)cc3)cc2)CC1. The van der Waals surface area contributed by atoms with Gasteiger partial charge in [0.1, 0.15) is 5.75 Å². The minimum absolute atomic E-state index is 0.139. The van der Waals surface area contributed by atoms with Gasteiger partial charge in [-0.1, -0.05) is 108 Å². The van der Waals surface area contributed by atoms with E-state index >= 15 is 0 Å². The van der Waals surface area contributed by atoms with Crippen molar-refractivity contribution >= 4 is 11.5 Å². The summed E-state index contributed by atoms with van der Waals surface area (Å²) < 4.78 is 5.45. The van der Waals surface area contributed by atoms with Crippen LogP contribution in [0.5, 0.6) is 5.75 Å². The average molecular weight is 447 g/mol. The van der Waals surface area contributed by atoms with Crippen molar-refractivity contribution in [2.24, 2.45) is 5.92 Å². The van der Waals surface area contributed by atoms with E-state index < -0.39 is 0 Å². The Labute approximate surface area is 201 Å².